The number of rotatable bonds is 3. The van der Waals surface area contributed by atoms with Crippen LogP contribution in [-0.4, -0.2) is 6.04 Å². The third kappa shape index (κ3) is 1.94. The van der Waals surface area contributed by atoms with Gasteiger partial charge in [0, 0.05) is 10.9 Å². The molecule has 0 radical (unpaired) electrons. The molecule has 2 atom stereocenters. The first-order chi connectivity index (χ1) is 6.09. The van der Waals surface area contributed by atoms with E-state index in [9.17, 15) is 0 Å². The second-order valence-corrected chi connectivity index (χ2v) is 5.78. The zero-order valence-corrected chi connectivity index (χ0v) is 9.10. The van der Waals surface area contributed by atoms with Crippen molar-refractivity contribution >= 4 is 11.3 Å². The van der Waals surface area contributed by atoms with E-state index in [4.69, 9.17) is 5.73 Å². The van der Waals surface area contributed by atoms with Crippen LogP contribution in [0.1, 0.15) is 25.1 Å². The molecule has 0 amide bonds. The van der Waals surface area contributed by atoms with Crippen LogP contribution >= 0.6 is 11.3 Å². The van der Waals surface area contributed by atoms with Gasteiger partial charge in [-0.3, -0.25) is 0 Å². The molecule has 2 heteroatoms. The first-order valence-corrected chi connectivity index (χ1v) is 5.75. The molecule has 2 N–H and O–H groups in total. The fourth-order valence-electron chi connectivity index (χ4n) is 2.04. The standard InChI is InChI=1S/C11H17NS/c1-11(2)7-9(11)10(12)6-8-4-3-5-13-8/h3-5,9-10H,6-7,12H2,1-2H3. The number of thiophene rings is 1. The Bertz CT molecular complexity index is 276. The highest BCUT2D eigenvalue weighted by molar-refractivity contribution is 7.09. The maximum atomic E-state index is 6.15. The van der Waals surface area contributed by atoms with Gasteiger partial charge in [0.2, 0.25) is 0 Å². The second kappa shape index (κ2) is 3.10. The zero-order chi connectivity index (χ0) is 9.47. The molecule has 0 aromatic carbocycles. The van der Waals surface area contributed by atoms with E-state index in [1.165, 1.54) is 11.3 Å². The lowest BCUT2D eigenvalue weighted by Crippen LogP contribution is -2.26. The molecule has 1 heterocycles. The third-order valence-electron chi connectivity index (χ3n) is 3.12. The lowest BCUT2D eigenvalue weighted by Gasteiger charge is -2.11. The molecular weight excluding hydrogens is 178 g/mol. The summed E-state index contributed by atoms with van der Waals surface area (Å²) >= 11 is 1.82. The molecule has 1 aliphatic rings. The number of hydrogen-bond acceptors (Lipinski definition) is 2. The molecule has 0 saturated heterocycles. The molecule has 1 saturated carbocycles. The summed E-state index contributed by atoms with van der Waals surface area (Å²) in [5.41, 5.74) is 6.66. The molecule has 0 bridgehead atoms. The summed E-state index contributed by atoms with van der Waals surface area (Å²) in [7, 11) is 0. The summed E-state index contributed by atoms with van der Waals surface area (Å²) in [6, 6.07) is 4.65. The normalized spacial score (nSPS) is 27.2. The molecule has 1 nitrogen and oxygen atoms in total. The molecule has 1 aromatic rings. The fraction of sp³-hybridized carbons (Fsp3) is 0.636. The summed E-state index contributed by atoms with van der Waals surface area (Å²) in [4.78, 5) is 1.43. The minimum Gasteiger partial charge on any atom is -0.327 e. The van der Waals surface area contributed by atoms with Gasteiger partial charge in [-0.25, -0.2) is 0 Å². The predicted molar refractivity (Wildman–Crippen MR) is 57.9 cm³/mol. The Labute approximate surface area is 84.0 Å². The van der Waals surface area contributed by atoms with E-state index in [0.717, 1.165) is 12.3 Å². The topological polar surface area (TPSA) is 26.0 Å². The van der Waals surface area contributed by atoms with Gasteiger partial charge < -0.3 is 5.73 Å². The van der Waals surface area contributed by atoms with Gasteiger partial charge in [-0.2, -0.15) is 0 Å². The SMILES string of the molecule is CC1(C)CC1C(N)Cc1cccs1. The van der Waals surface area contributed by atoms with Crippen molar-refractivity contribution in [2.45, 2.75) is 32.7 Å². The van der Waals surface area contributed by atoms with E-state index < -0.39 is 0 Å². The smallest absolute Gasteiger partial charge is 0.0121 e. The summed E-state index contributed by atoms with van der Waals surface area (Å²) in [6.45, 7) is 4.62. The Kier molecular flexibility index (Phi) is 2.20. The van der Waals surface area contributed by atoms with E-state index in [1.807, 2.05) is 11.3 Å². The van der Waals surface area contributed by atoms with Crippen molar-refractivity contribution in [3.05, 3.63) is 22.4 Å². The Morgan fingerprint density at radius 3 is 2.85 bits per heavy atom. The Morgan fingerprint density at radius 2 is 2.38 bits per heavy atom. The summed E-state index contributed by atoms with van der Waals surface area (Å²) in [5.74, 6) is 0.745. The van der Waals surface area contributed by atoms with E-state index in [0.29, 0.717) is 11.5 Å². The number of hydrogen-bond donors (Lipinski definition) is 1. The highest BCUT2D eigenvalue weighted by atomic mass is 32.1. The van der Waals surface area contributed by atoms with Crippen LogP contribution in [0, 0.1) is 11.3 Å². The van der Waals surface area contributed by atoms with Gasteiger partial charge in [0.05, 0.1) is 0 Å². The molecule has 72 valence electrons. The molecule has 0 aliphatic heterocycles. The van der Waals surface area contributed by atoms with Crippen LogP contribution in [0.5, 0.6) is 0 Å². The molecule has 1 aliphatic carbocycles. The van der Waals surface area contributed by atoms with Crippen molar-refractivity contribution in [2.75, 3.05) is 0 Å². The van der Waals surface area contributed by atoms with Gasteiger partial charge in [0.15, 0.2) is 0 Å². The second-order valence-electron chi connectivity index (χ2n) is 4.75. The molecule has 0 spiro atoms. The summed E-state index contributed by atoms with van der Waals surface area (Å²) in [5, 5.41) is 2.13. The Balaban J connectivity index is 1.90. The highest BCUT2D eigenvalue weighted by Gasteiger charge is 2.48. The molecule has 1 fully saturated rings. The van der Waals surface area contributed by atoms with Crippen molar-refractivity contribution in [3.63, 3.8) is 0 Å². The maximum Gasteiger partial charge on any atom is 0.0121 e. The first kappa shape index (κ1) is 9.22. The summed E-state index contributed by atoms with van der Waals surface area (Å²) < 4.78 is 0. The molecule has 1 aromatic heterocycles. The molecule has 13 heavy (non-hydrogen) atoms. The van der Waals surface area contributed by atoms with Crippen molar-refractivity contribution in [1.82, 2.24) is 0 Å². The van der Waals surface area contributed by atoms with Crippen molar-refractivity contribution in [1.29, 1.82) is 0 Å². The third-order valence-corrected chi connectivity index (χ3v) is 4.02. The zero-order valence-electron chi connectivity index (χ0n) is 8.29. The van der Waals surface area contributed by atoms with Gasteiger partial charge in [-0.05, 0) is 35.6 Å². The van der Waals surface area contributed by atoms with Gasteiger partial charge in [0.25, 0.3) is 0 Å². The Hall–Kier alpha value is -0.340. The van der Waals surface area contributed by atoms with E-state index >= 15 is 0 Å². The minimum absolute atomic E-state index is 0.369. The van der Waals surface area contributed by atoms with Crippen LogP contribution in [0.2, 0.25) is 0 Å². The minimum atomic E-state index is 0.369. The average Bonchev–Trinajstić information content (AvgIpc) is 2.49. The lowest BCUT2D eigenvalue weighted by molar-refractivity contribution is 0.478. The van der Waals surface area contributed by atoms with E-state index in [2.05, 4.69) is 31.4 Å². The highest BCUT2D eigenvalue weighted by Crippen LogP contribution is 2.53. The fourth-order valence-corrected chi connectivity index (χ4v) is 2.82. The van der Waals surface area contributed by atoms with Crippen LogP contribution < -0.4 is 5.73 Å². The van der Waals surface area contributed by atoms with Crippen molar-refractivity contribution in [3.8, 4) is 0 Å². The lowest BCUT2D eigenvalue weighted by atomic mass is 10.0. The van der Waals surface area contributed by atoms with Gasteiger partial charge in [0.1, 0.15) is 0 Å². The monoisotopic (exact) mass is 195 g/mol. The van der Waals surface area contributed by atoms with Crippen molar-refractivity contribution < 1.29 is 0 Å². The van der Waals surface area contributed by atoms with E-state index in [1.54, 1.807) is 0 Å². The number of nitrogens with two attached hydrogens (primary N) is 1. The van der Waals surface area contributed by atoms with Gasteiger partial charge in [-0.15, -0.1) is 11.3 Å². The molecule has 2 unspecified atom stereocenters. The van der Waals surface area contributed by atoms with Gasteiger partial charge in [-0.1, -0.05) is 19.9 Å². The quantitative estimate of drug-likeness (QED) is 0.788. The first-order valence-electron chi connectivity index (χ1n) is 4.87. The average molecular weight is 195 g/mol. The van der Waals surface area contributed by atoms with Gasteiger partial charge >= 0.3 is 0 Å². The largest absolute Gasteiger partial charge is 0.327 e. The van der Waals surface area contributed by atoms with Crippen molar-refractivity contribution in [2.24, 2.45) is 17.1 Å². The van der Waals surface area contributed by atoms with Crippen LogP contribution in [0.4, 0.5) is 0 Å². The maximum absolute atomic E-state index is 6.15. The summed E-state index contributed by atoms with van der Waals surface area (Å²) in [6.07, 6.45) is 2.37. The van der Waals surface area contributed by atoms with Crippen LogP contribution in [0.25, 0.3) is 0 Å². The van der Waals surface area contributed by atoms with Crippen LogP contribution in [-0.2, 0) is 6.42 Å². The van der Waals surface area contributed by atoms with Crippen LogP contribution in [0.3, 0.4) is 0 Å². The predicted octanol–water partition coefficient (Wildman–Crippen LogP) is 2.66. The van der Waals surface area contributed by atoms with E-state index in [-0.39, 0.29) is 0 Å². The Morgan fingerprint density at radius 1 is 1.69 bits per heavy atom. The molecule has 2 rings (SSSR count). The van der Waals surface area contributed by atoms with Crippen LogP contribution in [0.15, 0.2) is 17.5 Å². The molecular formula is C11H17NS.